The zero-order valence-corrected chi connectivity index (χ0v) is 7.87. The van der Waals surface area contributed by atoms with Crippen molar-refractivity contribution in [3.05, 3.63) is 29.3 Å². The van der Waals surface area contributed by atoms with Gasteiger partial charge in [-0.3, -0.25) is 0 Å². The van der Waals surface area contributed by atoms with Crippen LogP contribution in [0.2, 0.25) is 5.02 Å². The van der Waals surface area contributed by atoms with Gasteiger partial charge in [-0.25, -0.2) is 0 Å². The quantitative estimate of drug-likeness (QED) is 0.766. The summed E-state index contributed by atoms with van der Waals surface area (Å²) in [5.41, 5.74) is 5.45. The highest BCUT2D eigenvalue weighted by Gasteiger charge is 2.01. The lowest BCUT2D eigenvalue weighted by atomic mass is 10.3. The minimum Gasteiger partial charge on any atom is -0.492 e. The van der Waals surface area contributed by atoms with Crippen molar-refractivity contribution < 1.29 is 9.84 Å². The predicted octanol–water partition coefficient (Wildman–Crippen LogP) is 1.04. The molecule has 4 heteroatoms. The molecule has 0 amide bonds. The fourth-order valence-electron chi connectivity index (χ4n) is 0.813. The SMILES string of the molecule is NC(CO)COc1cccc(Cl)c1. The van der Waals surface area contributed by atoms with Gasteiger partial charge in [0, 0.05) is 5.02 Å². The van der Waals surface area contributed by atoms with E-state index in [9.17, 15) is 0 Å². The maximum Gasteiger partial charge on any atom is 0.120 e. The summed E-state index contributed by atoms with van der Waals surface area (Å²) in [7, 11) is 0. The first-order chi connectivity index (χ1) is 6.22. The van der Waals surface area contributed by atoms with Gasteiger partial charge in [0.2, 0.25) is 0 Å². The molecule has 1 rings (SSSR count). The fraction of sp³-hybridized carbons (Fsp3) is 0.333. The zero-order chi connectivity index (χ0) is 9.68. The first-order valence-corrected chi connectivity index (χ1v) is 4.35. The van der Waals surface area contributed by atoms with Gasteiger partial charge in [-0.1, -0.05) is 17.7 Å². The molecular formula is C9H12ClNO2. The number of aliphatic hydroxyl groups excluding tert-OH is 1. The number of rotatable bonds is 4. The standard InChI is InChI=1S/C9H12ClNO2/c10-7-2-1-3-9(4-7)13-6-8(11)5-12/h1-4,8,12H,5-6,11H2. The molecule has 0 aliphatic rings. The van der Waals surface area contributed by atoms with Gasteiger partial charge in [0.05, 0.1) is 12.6 Å². The van der Waals surface area contributed by atoms with E-state index in [1.807, 2.05) is 0 Å². The largest absolute Gasteiger partial charge is 0.492 e. The summed E-state index contributed by atoms with van der Waals surface area (Å²) in [6.07, 6.45) is 0. The van der Waals surface area contributed by atoms with Crippen molar-refractivity contribution in [2.75, 3.05) is 13.2 Å². The number of halogens is 1. The van der Waals surface area contributed by atoms with Crippen LogP contribution in [-0.4, -0.2) is 24.4 Å². The third kappa shape index (κ3) is 3.63. The van der Waals surface area contributed by atoms with Gasteiger partial charge in [0.15, 0.2) is 0 Å². The average Bonchev–Trinajstić information content (AvgIpc) is 2.14. The van der Waals surface area contributed by atoms with E-state index < -0.39 is 0 Å². The molecule has 1 aromatic carbocycles. The van der Waals surface area contributed by atoms with E-state index in [2.05, 4.69) is 0 Å². The van der Waals surface area contributed by atoms with Crippen LogP contribution in [0.15, 0.2) is 24.3 Å². The molecule has 0 heterocycles. The Morgan fingerprint density at radius 1 is 1.54 bits per heavy atom. The van der Waals surface area contributed by atoms with Gasteiger partial charge in [-0.15, -0.1) is 0 Å². The molecule has 0 aliphatic heterocycles. The molecule has 3 nitrogen and oxygen atoms in total. The summed E-state index contributed by atoms with van der Waals surface area (Å²) in [6, 6.07) is 6.70. The normalized spacial score (nSPS) is 12.5. The van der Waals surface area contributed by atoms with Gasteiger partial charge in [-0.05, 0) is 18.2 Å². The Kier molecular flexibility index (Phi) is 4.02. The molecule has 1 aromatic rings. The molecule has 0 saturated carbocycles. The second kappa shape index (κ2) is 5.07. The molecule has 0 radical (unpaired) electrons. The van der Waals surface area contributed by atoms with E-state index >= 15 is 0 Å². The van der Waals surface area contributed by atoms with Gasteiger partial charge in [0.25, 0.3) is 0 Å². The van der Waals surface area contributed by atoms with Gasteiger partial charge in [0.1, 0.15) is 12.4 Å². The maximum absolute atomic E-state index is 8.64. The summed E-state index contributed by atoms with van der Waals surface area (Å²) in [4.78, 5) is 0. The molecule has 0 aliphatic carbocycles. The van der Waals surface area contributed by atoms with E-state index in [0.29, 0.717) is 10.8 Å². The minimum absolute atomic E-state index is 0.0828. The number of hydrogen-bond donors (Lipinski definition) is 2. The van der Waals surface area contributed by atoms with Crippen LogP contribution in [0.5, 0.6) is 5.75 Å². The van der Waals surface area contributed by atoms with Crippen molar-refractivity contribution in [2.45, 2.75) is 6.04 Å². The van der Waals surface area contributed by atoms with Crippen molar-refractivity contribution in [1.82, 2.24) is 0 Å². The molecule has 0 aromatic heterocycles. The summed E-state index contributed by atoms with van der Waals surface area (Å²) in [6.45, 7) is 0.206. The zero-order valence-electron chi connectivity index (χ0n) is 7.11. The summed E-state index contributed by atoms with van der Waals surface area (Å²) >= 11 is 5.73. The monoisotopic (exact) mass is 201 g/mol. The van der Waals surface area contributed by atoms with E-state index in [1.54, 1.807) is 24.3 Å². The molecule has 1 atom stereocenters. The maximum atomic E-state index is 8.64. The van der Waals surface area contributed by atoms with Gasteiger partial charge in [-0.2, -0.15) is 0 Å². The van der Waals surface area contributed by atoms with Gasteiger partial charge >= 0.3 is 0 Å². The van der Waals surface area contributed by atoms with E-state index in [-0.39, 0.29) is 19.3 Å². The Balaban J connectivity index is 2.45. The summed E-state index contributed by atoms with van der Waals surface area (Å²) < 4.78 is 5.27. The lowest BCUT2D eigenvalue weighted by molar-refractivity contribution is 0.206. The van der Waals surface area contributed by atoms with Crippen LogP contribution in [0.4, 0.5) is 0 Å². The number of hydrogen-bond acceptors (Lipinski definition) is 3. The minimum atomic E-state index is -0.348. The molecular weight excluding hydrogens is 190 g/mol. The first-order valence-electron chi connectivity index (χ1n) is 3.97. The molecule has 0 saturated heterocycles. The number of benzene rings is 1. The highest BCUT2D eigenvalue weighted by molar-refractivity contribution is 6.30. The van der Waals surface area contributed by atoms with Crippen LogP contribution in [-0.2, 0) is 0 Å². The molecule has 13 heavy (non-hydrogen) atoms. The summed E-state index contributed by atoms with van der Waals surface area (Å²) in [5.74, 6) is 0.663. The third-order valence-electron chi connectivity index (χ3n) is 1.49. The Labute approximate surface area is 82.1 Å². The Morgan fingerprint density at radius 3 is 2.92 bits per heavy atom. The smallest absolute Gasteiger partial charge is 0.120 e. The molecule has 0 spiro atoms. The van der Waals surface area contributed by atoms with Crippen LogP contribution in [0, 0.1) is 0 Å². The number of ether oxygens (including phenoxy) is 1. The van der Waals surface area contributed by atoms with Crippen molar-refractivity contribution in [3.8, 4) is 5.75 Å². The fourth-order valence-corrected chi connectivity index (χ4v) is 0.993. The van der Waals surface area contributed by atoms with E-state index in [0.717, 1.165) is 0 Å². The van der Waals surface area contributed by atoms with Crippen LogP contribution >= 0.6 is 11.6 Å². The van der Waals surface area contributed by atoms with Crippen molar-refractivity contribution in [1.29, 1.82) is 0 Å². The van der Waals surface area contributed by atoms with E-state index in [1.165, 1.54) is 0 Å². The van der Waals surface area contributed by atoms with Crippen molar-refractivity contribution in [3.63, 3.8) is 0 Å². The summed E-state index contributed by atoms with van der Waals surface area (Å²) in [5, 5.41) is 9.26. The van der Waals surface area contributed by atoms with Crippen molar-refractivity contribution >= 4 is 11.6 Å². The highest BCUT2D eigenvalue weighted by atomic mass is 35.5. The second-order valence-electron chi connectivity index (χ2n) is 2.71. The predicted molar refractivity (Wildman–Crippen MR) is 52.0 cm³/mol. The Morgan fingerprint density at radius 2 is 2.31 bits per heavy atom. The van der Waals surface area contributed by atoms with E-state index in [4.69, 9.17) is 27.2 Å². The molecule has 72 valence electrons. The molecule has 0 fully saturated rings. The first kappa shape index (κ1) is 10.3. The van der Waals surface area contributed by atoms with Crippen molar-refractivity contribution in [2.24, 2.45) is 5.73 Å². The molecule has 1 unspecified atom stereocenters. The average molecular weight is 202 g/mol. The number of nitrogens with two attached hydrogens (primary N) is 1. The number of aliphatic hydroxyl groups is 1. The molecule has 0 bridgehead atoms. The Hall–Kier alpha value is -0.770. The topological polar surface area (TPSA) is 55.5 Å². The van der Waals surface area contributed by atoms with Crippen LogP contribution < -0.4 is 10.5 Å². The van der Waals surface area contributed by atoms with Crippen LogP contribution in [0.3, 0.4) is 0 Å². The Bertz CT molecular complexity index is 268. The van der Waals surface area contributed by atoms with Crippen LogP contribution in [0.1, 0.15) is 0 Å². The highest BCUT2D eigenvalue weighted by Crippen LogP contribution is 2.16. The lowest BCUT2D eigenvalue weighted by Gasteiger charge is -2.10. The molecule has 3 N–H and O–H groups in total. The lowest BCUT2D eigenvalue weighted by Crippen LogP contribution is -2.31. The van der Waals surface area contributed by atoms with Gasteiger partial charge < -0.3 is 15.6 Å². The third-order valence-corrected chi connectivity index (χ3v) is 1.73. The second-order valence-corrected chi connectivity index (χ2v) is 3.15. The van der Waals surface area contributed by atoms with Crippen LogP contribution in [0.25, 0.3) is 0 Å².